The van der Waals surface area contributed by atoms with Gasteiger partial charge in [-0.2, -0.15) is 0 Å². The van der Waals surface area contributed by atoms with Crippen LogP contribution in [0.1, 0.15) is 28.7 Å². The van der Waals surface area contributed by atoms with Crippen molar-refractivity contribution in [3.05, 3.63) is 35.3 Å². The van der Waals surface area contributed by atoms with Crippen molar-refractivity contribution < 1.29 is 14.3 Å². The maximum absolute atomic E-state index is 12.7. The van der Waals surface area contributed by atoms with Gasteiger partial charge in [0.1, 0.15) is 17.4 Å². The van der Waals surface area contributed by atoms with E-state index in [1.165, 1.54) is 0 Å². The summed E-state index contributed by atoms with van der Waals surface area (Å²) in [5.41, 5.74) is 3.14. The Hall–Kier alpha value is -1.92. The number of carbonyl (C=O) groups is 1. The van der Waals surface area contributed by atoms with Gasteiger partial charge in [0.15, 0.2) is 0 Å². The van der Waals surface area contributed by atoms with Crippen LogP contribution in [-0.2, 0) is 9.47 Å². The molecule has 1 saturated heterocycles. The maximum Gasteiger partial charge on any atom is 0.270 e. The second-order valence-electron chi connectivity index (χ2n) is 5.59. The molecule has 6 nitrogen and oxygen atoms in total. The molecule has 0 radical (unpaired) electrons. The molecule has 1 aliphatic rings. The Balaban J connectivity index is 1.86. The van der Waals surface area contributed by atoms with Crippen LogP contribution >= 0.6 is 0 Å². The number of hydrogen-bond donors (Lipinski definition) is 1. The van der Waals surface area contributed by atoms with Gasteiger partial charge >= 0.3 is 0 Å². The van der Waals surface area contributed by atoms with Crippen molar-refractivity contribution >= 4 is 11.6 Å². The van der Waals surface area contributed by atoms with Crippen molar-refractivity contribution in [1.29, 1.82) is 0 Å². The molecule has 1 N–H and O–H groups in total. The first-order valence-corrected chi connectivity index (χ1v) is 7.55. The van der Waals surface area contributed by atoms with Crippen molar-refractivity contribution in [1.82, 2.24) is 14.7 Å². The summed E-state index contributed by atoms with van der Waals surface area (Å²) in [4.78, 5) is 17.1. The lowest BCUT2D eigenvalue weighted by Crippen LogP contribution is -2.44. The molecule has 1 fully saturated rings. The Bertz CT molecular complexity index is 695. The molecule has 0 spiro atoms. The standard InChI is InChI=1S/C16H21N3O3/c1-4-22-13-9-21-8-12(13)18-16(20)15-11(3)17-14-6-5-10(2)7-19(14)15/h5-7,12-13H,4,8-9H2,1-3H3,(H,18,20)/t12-,13-/m1/s1. The number of carbonyl (C=O) groups excluding carboxylic acids is 1. The monoisotopic (exact) mass is 303 g/mol. The zero-order chi connectivity index (χ0) is 15.7. The molecule has 6 heteroatoms. The summed E-state index contributed by atoms with van der Waals surface area (Å²) in [6.45, 7) is 7.38. The number of aromatic nitrogens is 2. The highest BCUT2D eigenvalue weighted by atomic mass is 16.5. The smallest absolute Gasteiger partial charge is 0.270 e. The van der Waals surface area contributed by atoms with Crippen LogP contribution in [0.5, 0.6) is 0 Å². The average molecular weight is 303 g/mol. The third-order valence-electron chi connectivity index (χ3n) is 3.88. The molecule has 3 rings (SSSR count). The summed E-state index contributed by atoms with van der Waals surface area (Å²) < 4.78 is 12.9. The molecular weight excluding hydrogens is 282 g/mol. The number of hydrogen-bond acceptors (Lipinski definition) is 4. The van der Waals surface area contributed by atoms with E-state index in [1.54, 1.807) is 0 Å². The van der Waals surface area contributed by atoms with Crippen molar-refractivity contribution in [2.45, 2.75) is 32.9 Å². The minimum atomic E-state index is -0.143. The predicted octanol–water partition coefficient (Wildman–Crippen LogP) is 1.48. The molecule has 2 atom stereocenters. The number of aryl methyl sites for hydroxylation is 2. The highest BCUT2D eigenvalue weighted by molar-refractivity contribution is 5.95. The highest BCUT2D eigenvalue weighted by Crippen LogP contribution is 2.15. The summed E-state index contributed by atoms with van der Waals surface area (Å²) in [5.74, 6) is -0.143. The molecule has 118 valence electrons. The number of imidazole rings is 1. The van der Waals surface area contributed by atoms with E-state index >= 15 is 0 Å². The maximum atomic E-state index is 12.7. The quantitative estimate of drug-likeness (QED) is 0.929. The van der Waals surface area contributed by atoms with Crippen molar-refractivity contribution in [3.8, 4) is 0 Å². The Labute approximate surface area is 129 Å². The van der Waals surface area contributed by atoms with E-state index in [2.05, 4.69) is 10.3 Å². The first-order chi connectivity index (χ1) is 10.6. The molecule has 1 aliphatic heterocycles. The van der Waals surface area contributed by atoms with Crippen LogP contribution in [0.4, 0.5) is 0 Å². The summed E-state index contributed by atoms with van der Waals surface area (Å²) in [6.07, 6.45) is 1.84. The number of pyridine rings is 1. The fourth-order valence-electron chi connectivity index (χ4n) is 2.83. The fraction of sp³-hybridized carbons (Fsp3) is 0.500. The van der Waals surface area contributed by atoms with Crippen LogP contribution in [0.25, 0.3) is 5.65 Å². The minimum Gasteiger partial charge on any atom is -0.376 e. The molecule has 22 heavy (non-hydrogen) atoms. The number of ether oxygens (including phenoxy) is 2. The molecule has 0 unspecified atom stereocenters. The van der Waals surface area contributed by atoms with E-state index in [4.69, 9.17) is 9.47 Å². The number of rotatable bonds is 4. The van der Waals surface area contributed by atoms with Gasteiger partial charge in [-0.15, -0.1) is 0 Å². The van der Waals surface area contributed by atoms with Crippen molar-refractivity contribution in [3.63, 3.8) is 0 Å². The lowest BCUT2D eigenvalue weighted by molar-refractivity contribution is 0.0401. The summed E-state index contributed by atoms with van der Waals surface area (Å²) in [6, 6.07) is 3.78. The topological polar surface area (TPSA) is 64.9 Å². The molecule has 0 aliphatic carbocycles. The van der Waals surface area contributed by atoms with Gasteiger partial charge in [-0.1, -0.05) is 6.07 Å². The lowest BCUT2D eigenvalue weighted by Gasteiger charge is -2.19. The molecule has 0 aromatic carbocycles. The Morgan fingerprint density at radius 2 is 2.27 bits per heavy atom. The average Bonchev–Trinajstić information content (AvgIpc) is 3.02. The zero-order valence-electron chi connectivity index (χ0n) is 13.1. The summed E-state index contributed by atoms with van der Waals surface area (Å²) in [5, 5.41) is 3.02. The second-order valence-corrected chi connectivity index (χ2v) is 5.59. The molecule has 0 bridgehead atoms. The molecule has 3 heterocycles. The minimum absolute atomic E-state index is 0.0878. The number of nitrogens with one attached hydrogen (secondary N) is 1. The van der Waals surface area contributed by atoms with Crippen LogP contribution in [0, 0.1) is 13.8 Å². The van der Waals surface area contributed by atoms with Crippen molar-refractivity contribution in [2.75, 3.05) is 19.8 Å². The van der Waals surface area contributed by atoms with Gasteiger partial charge in [0, 0.05) is 12.8 Å². The van der Waals surface area contributed by atoms with E-state index in [1.807, 2.05) is 43.5 Å². The Morgan fingerprint density at radius 3 is 3.05 bits per heavy atom. The van der Waals surface area contributed by atoms with Crippen LogP contribution in [0.3, 0.4) is 0 Å². The van der Waals surface area contributed by atoms with E-state index in [9.17, 15) is 4.79 Å². The lowest BCUT2D eigenvalue weighted by atomic mass is 10.2. The Morgan fingerprint density at radius 1 is 1.45 bits per heavy atom. The summed E-state index contributed by atoms with van der Waals surface area (Å²) in [7, 11) is 0. The number of amides is 1. The van der Waals surface area contributed by atoms with E-state index in [0.29, 0.717) is 25.5 Å². The molecule has 2 aromatic heterocycles. The van der Waals surface area contributed by atoms with Crippen LogP contribution in [0.15, 0.2) is 18.3 Å². The van der Waals surface area contributed by atoms with E-state index in [0.717, 1.165) is 16.9 Å². The SMILES string of the molecule is CCO[C@@H]1COC[C@H]1NC(=O)c1c(C)nc2ccc(C)cn12. The van der Waals surface area contributed by atoms with Gasteiger partial charge in [-0.3, -0.25) is 9.20 Å². The summed E-state index contributed by atoms with van der Waals surface area (Å²) >= 11 is 0. The number of nitrogens with zero attached hydrogens (tertiary/aromatic N) is 2. The van der Waals surface area contributed by atoms with Crippen molar-refractivity contribution in [2.24, 2.45) is 0 Å². The largest absolute Gasteiger partial charge is 0.376 e. The first kappa shape index (κ1) is 15.0. The fourth-order valence-corrected chi connectivity index (χ4v) is 2.83. The zero-order valence-corrected chi connectivity index (χ0v) is 13.1. The third-order valence-corrected chi connectivity index (χ3v) is 3.88. The first-order valence-electron chi connectivity index (χ1n) is 7.55. The molecular formula is C16H21N3O3. The predicted molar refractivity (Wildman–Crippen MR) is 82.2 cm³/mol. The highest BCUT2D eigenvalue weighted by Gasteiger charge is 2.31. The normalized spacial score (nSPS) is 21.4. The number of fused-ring (bicyclic) bond motifs is 1. The van der Waals surface area contributed by atoms with E-state index in [-0.39, 0.29) is 18.1 Å². The van der Waals surface area contributed by atoms with Crippen LogP contribution < -0.4 is 5.32 Å². The Kier molecular flexibility index (Phi) is 4.13. The van der Waals surface area contributed by atoms with Gasteiger partial charge in [0.25, 0.3) is 5.91 Å². The molecule has 0 saturated carbocycles. The van der Waals surface area contributed by atoms with Gasteiger partial charge in [0.2, 0.25) is 0 Å². The molecule has 1 amide bonds. The van der Waals surface area contributed by atoms with Gasteiger partial charge in [-0.05, 0) is 32.4 Å². The van der Waals surface area contributed by atoms with Gasteiger partial charge in [0.05, 0.1) is 24.9 Å². The van der Waals surface area contributed by atoms with Gasteiger partial charge < -0.3 is 14.8 Å². The third kappa shape index (κ3) is 2.71. The van der Waals surface area contributed by atoms with Crippen LogP contribution in [0.2, 0.25) is 0 Å². The van der Waals surface area contributed by atoms with E-state index < -0.39 is 0 Å². The van der Waals surface area contributed by atoms with Gasteiger partial charge in [-0.25, -0.2) is 4.98 Å². The second kappa shape index (κ2) is 6.06. The van der Waals surface area contributed by atoms with Crippen LogP contribution in [-0.4, -0.2) is 47.3 Å². The molecule has 2 aromatic rings.